The third-order valence-corrected chi connectivity index (χ3v) is 5.86. The Hall–Kier alpha value is -2.38. The molecule has 3 aromatic rings. The lowest BCUT2D eigenvalue weighted by atomic mass is 9.92. The van der Waals surface area contributed by atoms with Gasteiger partial charge in [-0.25, -0.2) is 0 Å². The van der Waals surface area contributed by atoms with E-state index in [1.807, 2.05) is 0 Å². The van der Waals surface area contributed by atoms with Gasteiger partial charge >= 0.3 is 0 Å². The van der Waals surface area contributed by atoms with Crippen LogP contribution in [0.3, 0.4) is 0 Å². The molecule has 0 amide bonds. The summed E-state index contributed by atoms with van der Waals surface area (Å²) in [5.41, 5.74) is 7.30. The molecule has 4 rings (SSSR count). The first kappa shape index (κ1) is 18.0. The average molecular weight is 356 g/mol. The second-order valence-electron chi connectivity index (χ2n) is 7.92. The maximum absolute atomic E-state index is 2.60. The predicted molar refractivity (Wildman–Crippen MR) is 115 cm³/mol. The van der Waals surface area contributed by atoms with Gasteiger partial charge in [-0.15, -0.1) is 0 Å². The van der Waals surface area contributed by atoms with Crippen molar-refractivity contribution in [1.82, 2.24) is 4.90 Å². The molecule has 3 aromatic carbocycles. The van der Waals surface area contributed by atoms with Crippen LogP contribution in [0.1, 0.15) is 49.3 Å². The number of nitrogens with zero attached hydrogens (tertiary/aromatic N) is 1. The van der Waals surface area contributed by atoms with Crippen LogP contribution in [0.25, 0.3) is 11.1 Å². The van der Waals surface area contributed by atoms with E-state index in [-0.39, 0.29) is 0 Å². The third kappa shape index (κ3) is 3.84. The molecule has 27 heavy (non-hydrogen) atoms. The summed E-state index contributed by atoms with van der Waals surface area (Å²) < 4.78 is 0. The van der Waals surface area contributed by atoms with E-state index in [1.165, 1.54) is 40.7 Å². The van der Waals surface area contributed by atoms with Crippen molar-refractivity contribution in [3.63, 3.8) is 0 Å². The Labute approximate surface area is 163 Å². The molecule has 0 saturated heterocycles. The highest BCUT2D eigenvalue weighted by Gasteiger charge is 2.27. The Morgan fingerprint density at radius 2 is 1.30 bits per heavy atom. The largest absolute Gasteiger partial charge is 0.297 e. The SMILES string of the molecule is CC(C)N(CCCC1c2ccccc2-c2ccccc21)Cc1ccccc1. The van der Waals surface area contributed by atoms with E-state index in [0.717, 1.165) is 13.1 Å². The number of hydrogen-bond donors (Lipinski definition) is 0. The number of hydrogen-bond acceptors (Lipinski definition) is 1. The molecular formula is C26H29N. The molecular weight excluding hydrogens is 326 g/mol. The molecule has 1 nitrogen and oxygen atoms in total. The zero-order chi connectivity index (χ0) is 18.6. The minimum Gasteiger partial charge on any atom is -0.297 e. The van der Waals surface area contributed by atoms with E-state index < -0.39 is 0 Å². The van der Waals surface area contributed by atoms with Crippen LogP contribution in [0.2, 0.25) is 0 Å². The molecule has 0 unspecified atom stereocenters. The number of benzene rings is 3. The average Bonchev–Trinajstić information content (AvgIpc) is 3.02. The lowest BCUT2D eigenvalue weighted by molar-refractivity contribution is 0.208. The number of fused-ring (bicyclic) bond motifs is 3. The molecule has 0 radical (unpaired) electrons. The zero-order valence-corrected chi connectivity index (χ0v) is 16.4. The van der Waals surface area contributed by atoms with Gasteiger partial charge in [-0.05, 0) is 61.1 Å². The molecule has 0 saturated carbocycles. The van der Waals surface area contributed by atoms with Crippen LogP contribution < -0.4 is 0 Å². The molecule has 0 heterocycles. The van der Waals surface area contributed by atoms with Gasteiger partial charge in [0.2, 0.25) is 0 Å². The highest BCUT2D eigenvalue weighted by atomic mass is 15.1. The smallest absolute Gasteiger partial charge is 0.0236 e. The molecule has 1 aliphatic carbocycles. The maximum Gasteiger partial charge on any atom is 0.0236 e. The molecule has 1 aliphatic rings. The monoisotopic (exact) mass is 355 g/mol. The van der Waals surface area contributed by atoms with Crippen LogP contribution >= 0.6 is 0 Å². The van der Waals surface area contributed by atoms with E-state index in [2.05, 4.69) is 97.6 Å². The fraction of sp³-hybridized carbons (Fsp3) is 0.308. The lowest BCUT2D eigenvalue weighted by Crippen LogP contribution is -2.31. The van der Waals surface area contributed by atoms with Crippen molar-refractivity contribution in [2.24, 2.45) is 0 Å². The summed E-state index contributed by atoms with van der Waals surface area (Å²) in [7, 11) is 0. The van der Waals surface area contributed by atoms with E-state index in [9.17, 15) is 0 Å². The van der Waals surface area contributed by atoms with E-state index in [0.29, 0.717) is 12.0 Å². The van der Waals surface area contributed by atoms with Crippen molar-refractivity contribution >= 4 is 0 Å². The van der Waals surface area contributed by atoms with Gasteiger partial charge in [0, 0.05) is 18.5 Å². The van der Waals surface area contributed by atoms with E-state index in [4.69, 9.17) is 0 Å². The summed E-state index contributed by atoms with van der Waals surface area (Å²) in [5.74, 6) is 0.545. The Morgan fingerprint density at radius 3 is 1.89 bits per heavy atom. The van der Waals surface area contributed by atoms with Crippen molar-refractivity contribution in [1.29, 1.82) is 0 Å². The first-order valence-corrected chi connectivity index (χ1v) is 10.2. The molecule has 0 aliphatic heterocycles. The second-order valence-corrected chi connectivity index (χ2v) is 7.92. The summed E-state index contributed by atoms with van der Waals surface area (Å²) in [5, 5.41) is 0. The number of rotatable bonds is 7. The highest BCUT2D eigenvalue weighted by molar-refractivity contribution is 5.78. The second kappa shape index (κ2) is 8.10. The quantitative estimate of drug-likeness (QED) is 0.468. The van der Waals surface area contributed by atoms with Gasteiger partial charge in [-0.3, -0.25) is 4.90 Å². The summed E-state index contributed by atoms with van der Waals surface area (Å²) in [4.78, 5) is 2.60. The highest BCUT2D eigenvalue weighted by Crippen LogP contribution is 2.46. The zero-order valence-electron chi connectivity index (χ0n) is 16.4. The van der Waals surface area contributed by atoms with Crippen molar-refractivity contribution in [2.75, 3.05) is 6.54 Å². The predicted octanol–water partition coefficient (Wildman–Crippen LogP) is 6.49. The molecule has 0 aromatic heterocycles. The van der Waals surface area contributed by atoms with Gasteiger partial charge in [0.05, 0.1) is 0 Å². The van der Waals surface area contributed by atoms with Gasteiger partial charge in [0.25, 0.3) is 0 Å². The van der Waals surface area contributed by atoms with Crippen molar-refractivity contribution in [3.05, 3.63) is 95.6 Å². The maximum atomic E-state index is 2.60. The van der Waals surface area contributed by atoms with E-state index >= 15 is 0 Å². The Bertz CT molecular complexity index is 836. The molecule has 0 atom stereocenters. The molecule has 1 heteroatoms. The van der Waals surface area contributed by atoms with Gasteiger partial charge < -0.3 is 0 Å². The fourth-order valence-electron chi connectivity index (χ4n) is 4.41. The molecule has 138 valence electrons. The molecule has 0 fully saturated rings. The summed E-state index contributed by atoms with van der Waals surface area (Å²) in [6.45, 7) is 6.80. The van der Waals surface area contributed by atoms with Crippen LogP contribution in [0.5, 0.6) is 0 Å². The van der Waals surface area contributed by atoms with Gasteiger partial charge in [0.15, 0.2) is 0 Å². The van der Waals surface area contributed by atoms with Crippen molar-refractivity contribution in [3.8, 4) is 11.1 Å². The van der Waals surface area contributed by atoms with Crippen molar-refractivity contribution in [2.45, 2.75) is 45.2 Å². The molecule has 0 spiro atoms. The Balaban J connectivity index is 1.45. The first-order chi connectivity index (χ1) is 13.2. The lowest BCUT2D eigenvalue weighted by Gasteiger charge is -2.27. The van der Waals surface area contributed by atoms with Crippen LogP contribution in [0, 0.1) is 0 Å². The van der Waals surface area contributed by atoms with Crippen LogP contribution in [0.15, 0.2) is 78.9 Å². The van der Waals surface area contributed by atoms with Crippen LogP contribution in [-0.4, -0.2) is 17.5 Å². The van der Waals surface area contributed by atoms with Gasteiger partial charge in [-0.2, -0.15) is 0 Å². The summed E-state index contributed by atoms with van der Waals surface area (Å²) in [6, 6.07) is 29.3. The summed E-state index contributed by atoms with van der Waals surface area (Å²) in [6.07, 6.45) is 2.43. The standard InChI is InChI=1S/C26H29N/c1-20(2)27(19-21-11-4-3-5-12-21)18-10-17-26-24-15-8-6-13-22(24)23-14-7-9-16-25(23)26/h3-9,11-16,20,26H,10,17-19H2,1-2H3. The van der Waals surface area contributed by atoms with Crippen molar-refractivity contribution < 1.29 is 0 Å². The molecule has 0 N–H and O–H groups in total. The minimum absolute atomic E-state index is 0.545. The minimum atomic E-state index is 0.545. The van der Waals surface area contributed by atoms with Gasteiger partial charge in [-0.1, -0.05) is 78.9 Å². The Morgan fingerprint density at radius 1 is 0.741 bits per heavy atom. The summed E-state index contributed by atoms with van der Waals surface area (Å²) >= 11 is 0. The van der Waals surface area contributed by atoms with Crippen LogP contribution in [-0.2, 0) is 6.54 Å². The molecule has 0 bridgehead atoms. The van der Waals surface area contributed by atoms with Crippen LogP contribution in [0.4, 0.5) is 0 Å². The third-order valence-electron chi connectivity index (χ3n) is 5.86. The van der Waals surface area contributed by atoms with E-state index in [1.54, 1.807) is 0 Å². The Kier molecular flexibility index (Phi) is 5.40. The first-order valence-electron chi connectivity index (χ1n) is 10.2. The normalized spacial score (nSPS) is 13.2. The van der Waals surface area contributed by atoms with Gasteiger partial charge in [0.1, 0.15) is 0 Å². The topological polar surface area (TPSA) is 3.24 Å². The fourth-order valence-corrected chi connectivity index (χ4v) is 4.41.